The third-order valence-electron chi connectivity index (χ3n) is 5.95. The molecule has 0 radical (unpaired) electrons. The number of imidazole rings is 1. The second-order valence-corrected chi connectivity index (χ2v) is 13.8. The maximum Gasteiger partial charge on any atom is 0.343 e. The lowest BCUT2D eigenvalue weighted by molar-refractivity contribution is -0.120. The first kappa shape index (κ1) is 20.5. The third-order valence-corrected chi connectivity index (χ3v) is 10.2. The van der Waals surface area contributed by atoms with Crippen molar-refractivity contribution >= 4 is 26.1 Å². The van der Waals surface area contributed by atoms with Crippen LogP contribution < -0.4 is 5.32 Å². The Morgan fingerprint density at radius 3 is 2.71 bits per heavy atom. The molecular formula is C18H30N6O3Si. The van der Waals surface area contributed by atoms with Crippen LogP contribution in [0.2, 0.25) is 18.1 Å². The molecule has 3 amide bonds. The molecule has 1 aromatic heterocycles. The van der Waals surface area contributed by atoms with Crippen LogP contribution in [0.5, 0.6) is 0 Å². The van der Waals surface area contributed by atoms with Gasteiger partial charge in [-0.25, -0.2) is 14.8 Å². The lowest BCUT2D eigenvalue weighted by Gasteiger charge is -2.39. The standard InChI is InChI=1S/C18H30N6O3Si/c1-18(2,3)28(4,5)27-24-13-6-7-14(23(10-13)17(24)26)16(19)21-15(25)11-22-9-8-20-12-22/h8-9,12-14H,6-7,10-11H2,1-5H3,(H2,19,21,25)/t13-,14+/m1/s1. The van der Waals surface area contributed by atoms with E-state index in [4.69, 9.17) is 9.94 Å². The van der Waals surface area contributed by atoms with E-state index in [1.54, 1.807) is 28.2 Å². The summed E-state index contributed by atoms with van der Waals surface area (Å²) in [5.41, 5.74) is 0. The maximum atomic E-state index is 13.0. The van der Waals surface area contributed by atoms with Crippen LogP contribution in [0.15, 0.2) is 18.7 Å². The van der Waals surface area contributed by atoms with Crippen LogP contribution in [-0.4, -0.2) is 64.2 Å². The molecule has 0 aromatic carbocycles. The number of piperidine rings is 1. The average molecular weight is 407 g/mol. The minimum absolute atomic E-state index is 0.00678. The molecule has 2 atom stereocenters. The largest absolute Gasteiger partial charge is 0.343 e. The fraction of sp³-hybridized carbons (Fsp3) is 0.667. The summed E-state index contributed by atoms with van der Waals surface area (Å²) >= 11 is 0. The topological polar surface area (TPSA) is 104 Å². The van der Waals surface area contributed by atoms with Crippen LogP contribution in [-0.2, 0) is 15.9 Å². The zero-order valence-electron chi connectivity index (χ0n) is 17.2. The number of carbonyl (C=O) groups is 2. The molecular weight excluding hydrogens is 376 g/mol. The van der Waals surface area contributed by atoms with E-state index in [0.29, 0.717) is 13.0 Å². The predicted octanol–water partition coefficient (Wildman–Crippen LogP) is 2.18. The number of carbonyl (C=O) groups excluding carboxylic acids is 2. The number of hydroxylamine groups is 2. The van der Waals surface area contributed by atoms with Crippen molar-refractivity contribution in [3.8, 4) is 0 Å². The van der Waals surface area contributed by atoms with E-state index in [9.17, 15) is 9.59 Å². The normalized spacial score (nSPS) is 22.5. The number of hydrogen-bond donors (Lipinski definition) is 2. The Balaban J connectivity index is 1.63. The highest BCUT2D eigenvalue weighted by molar-refractivity contribution is 6.74. The molecule has 0 spiro atoms. The van der Waals surface area contributed by atoms with Crippen LogP contribution in [0.3, 0.4) is 0 Å². The van der Waals surface area contributed by atoms with Gasteiger partial charge in [-0.1, -0.05) is 20.8 Å². The fourth-order valence-corrected chi connectivity index (χ4v) is 4.25. The zero-order chi connectivity index (χ0) is 20.7. The highest BCUT2D eigenvalue weighted by Gasteiger charge is 2.50. The van der Waals surface area contributed by atoms with Gasteiger partial charge in [-0.15, -0.1) is 0 Å². The average Bonchev–Trinajstić information content (AvgIpc) is 3.17. The zero-order valence-corrected chi connectivity index (χ0v) is 18.2. The van der Waals surface area contributed by atoms with Gasteiger partial charge >= 0.3 is 6.03 Å². The Morgan fingerprint density at radius 2 is 2.11 bits per heavy atom. The number of rotatable bonds is 5. The van der Waals surface area contributed by atoms with Gasteiger partial charge in [0.1, 0.15) is 12.4 Å². The molecule has 9 nitrogen and oxygen atoms in total. The molecule has 0 saturated carbocycles. The second kappa shape index (κ2) is 7.32. The minimum atomic E-state index is -2.14. The van der Waals surface area contributed by atoms with E-state index < -0.39 is 14.4 Å². The molecule has 0 unspecified atom stereocenters. The summed E-state index contributed by atoms with van der Waals surface area (Å²) in [7, 11) is -2.14. The van der Waals surface area contributed by atoms with Gasteiger partial charge in [-0.3, -0.25) is 10.2 Å². The van der Waals surface area contributed by atoms with Gasteiger partial charge in [0, 0.05) is 18.9 Å². The molecule has 2 fully saturated rings. The van der Waals surface area contributed by atoms with E-state index in [1.807, 2.05) is 0 Å². The molecule has 2 saturated heterocycles. The fourth-order valence-electron chi connectivity index (χ4n) is 3.25. The Hall–Kier alpha value is -2.20. The van der Waals surface area contributed by atoms with Crippen molar-refractivity contribution in [1.82, 2.24) is 24.8 Å². The van der Waals surface area contributed by atoms with Crippen LogP contribution >= 0.6 is 0 Å². The van der Waals surface area contributed by atoms with Gasteiger partial charge < -0.3 is 19.3 Å². The van der Waals surface area contributed by atoms with Crippen molar-refractivity contribution in [1.29, 1.82) is 5.41 Å². The number of urea groups is 1. The molecule has 154 valence electrons. The van der Waals surface area contributed by atoms with Gasteiger partial charge in [0.2, 0.25) is 14.2 Å². The highest BCUT2D eigenvalue weighted by atomic mass is 28.4. The van der Waals surface area contributed by atoms with Crippen molar-refractivity contribution in [2.24, 2.45) is 0 Å². The highest BCUT2D eigenvalue weighted by Crippen LogP contribution is 2.40. The van der Waals surface area contributed by atoms with Crippen molar-refractivity contribution in [2.45, 2.75) is 70.4 Å². The number of hydrogen-bond acceptors (Lipinski definition) is 5. The van der Waals surface area contributed by atoms with E-state index in [1.165, 1.54) is 5.06 Å². The summed E-state index contributed by atoms with van der Waals surface area (Å²) in [6, 6.07) is -0.623. The van der Waals surface area contributed by atoms with Crippen LogP contribution in [0.4, 0.5) is 4.79 Å². The van der Waals surface area contributed by atoms with Crippen molar-refractivity contribution in [2.75, 3.05) is 6.54 Å². The van der Waals surface area contributed by atoms with Crippen molar-refractivity contribution in [3.63, 3.8) is 0 Å². The molecule has 2 aliphatic rings. The van der Waals surface area contributed by atoms with Crippen LogP contribution in [0.25, 0.3) is 0 Å². The Bertz CT molecular complexity index is 758. The Labute approximate surface area is 166 Å². The molecule has 1 aromatic rings. The summed E-state index contributed by atoms with van der Waals surface area (Å²) in [4.78, 5) is 30.7. The van der Waals surface area contributed by atoms with Gasteiger partial charge in [-0.05, 0) is 31.0 Å². The first-order chi connectivity index (χ1) is 13.0. The van der Waals surface area contributed by atoms with Gasteiger partial charge in [0.25, 0.3) is 0 Å². The SMILES string of the molecule is CC(C)(C)[Si](C)(C)ON1C(=O)N2C[C@H]1CC[C@H]2C(=N)NC(=O)Cn1ccnc1. The van der Waals surface area contributed by atoms with Crippen molar-refractivity contribution in [3.05, 3.63) is 18.7 Å². The first-order valence-electron chi connectivity index (χ1n) is 9.62. The molecule has 2 bridgehead atoms. The summed E-state index contributed by atoms with van der Waals surface area (Å²) < 4.78 is 7.92. The van der Waals surface area contributed by atoms with Gasteiger partial charge in [-0.2, -0.15) is 0 Å². The van der Waals surface area contributed by atoms with Crippen LogP contribution in [0, 0.1) is 5.41 Å². The van der Waals surface area contributed by atoms with E-state index in [-0.39, 0.29) is 35.4 Å². The maximum absolute atomic E-state index is 13.0. The van der Waals surface area contributed by atoms with Gasteiger partial charge in [0.05, 0.1) is 18.4 Å². The number of amides is 3. The summed E-state index contributed by atoms with van der Waals surface area (Å²) in [6.45, 7) is 11.3. The molecule has 10 heteroatoms. The van der Waals surface area contributed by atoms with E-state index in [0.717, 1.165) is 6.42 Å². The van der Waals surface area contributed by atoms with Crippen molar-refractivity contribution < 1.29 is 14.1 Å². The molecule has 2 aliphatic heterocycles. The quantitative estimate of drug-likeness (QED) is 0.444. The summed E-state index contributed by atoms with van der Waals surface area (Å²) in [6.07, 6.45) is 6.22. The van der Waals surface area contributed by atoms with E-state index >= 15 is 0 Å². The van der Waals surface area contributed by atoms with E-state index in [2.05, 4.69) is 44.2 Å². The summed E-state index contributed by atoms with van der Waals surface area (Å²) in [5.74, 6) is -0.239. The molecule has 3 rings (SSSR count). The second-order valence-electron chi connectivity index (χ2n) is 9.06. The minimum Gasteiger partial charge on any atom is -0.328 e. The number of nitrogens with one attached hydrogen (secondary N) is 2. The smallest absolute Gasteiger partial charge is 0.328 e. The molecule has 28 heavy (non-hydrogen) atoms. The van der Waals surface area contributed by atoms with Crippen LogP contribution in [0.1, 0.15) is 33.6 Å². The number of nitrogens with zero attached hydrogens (tertiary/aromatic N) is 4. The first-order valence-corrected chi connectivity index (χ1v) is 12.5. The monoisotopic (exact) mass is 406 g/mol. The third kappa shape index (κ3) is 3.97. The Morgan fingerprint density at radius 1 is 1.39 bits per heavy atom. The predicted molar refractivity (Wildman–Crippen MR) is 107 cm³/mol. The number of aromatic nitrogens is 2. The number of fused-ring (bicyclic) bond motifs is 2. The Kier molecular flexibility index (Phi) is 5.37. The lowest BCUT2D eigenvalue weighted by atomic mass is 10.00. The lowest BCUT2D eigenvalue weighted by Crippen LogP contribution is -2.51. The summed E-state index contributed by atoms with van der Waals surface area (Å²) in [5, 5.41) is 12.5. The molecule has 2 N–H and O–H groups in total. The van der Waals surface area contributed by atoms with Gasteiger partial charge in [0.15, 0.2) is 0 Å². The molecule has 0 aliphatic carbocycles. The number of amidine groups is 1. The molecule has 3 heterocycles.